The van der Waals surface area contributed by atoms with Crippen LogP contribution in [0, 0.1) is 20.8 Å². The molecular formula is C20H24ClNO3. The predicted molar refractivity (Wildman–Crippen MR) is 101 cm³/mol. The Labute approximate surface area is 154 Å². The highest BCUT2D eigenvalue weighted by Gasteiger charge is 2.16. The van der Waals surface area contributed by atoms with Crippen molar-refractivity contribution < 1.29 is 14.3 Å². The molecule has 0 aliphatic carbocycles. The summed E-state index contributed by atoms with van der Waals surface area (Å²) in [6.45, 7) is 8.49. The number of hydrogen-bond acceptors (Lipinski definition) is 3. The quantitative estimate of drug-likeness (QED) is 0.751. The van der Waals surface area contributed by atoms with Crippen molar-refractivity contribution in [3.63, 3.8) is 0 Å². The van der Waals surface area contributed by atoms with Gasteiger partial charge in [-0.15, -0.1) is 0 Å². The smallest absolute Gasteiger partial charge is 0.260 e. The summed E-state index contributed by atoms with van der Waals surface area (Å²) in [6.07, 6.45) is -0.583. The van der Waals surface area contributed by atoms with Gasteiger partial charge >= 0.3 is 0 Å². The number of ether oxygens (including phenoxy) is 2. The lowest BCUT2D eigenvalue weighted by molar-refractivity contribution is -0.127. The van der Waals surface area contributed by atoms with Gasteiger partial charge in [0.2, 0.25) is 0 Å². The number of carbonyl (C=O) groups excluding carboxylic acids is 1. The third-order valence-electron chi connectivity index (χ3n) is 3.93. The molecule has 0 aromatic heterocycles. The van der Waals surface area contributed by atoms with E-state index in [-0.39, 0.29) is 5.91 Å². The van der Waals surface area contributed by atoms with Gasteiger partial charge in [-0.1, -0.05) is 29.8 Å². The van der Waals surface area contributed by atoms with E-state index in [1.807, 2.05) is 39.0 Å². The number of amides is 1. The highest BCUT2D eigenvalue weighted by Crippen LogP contribution is 2.24. The number of para-hydroxylation sites is 1. The summed E-state index contributed by atoms with van der Waals surface area (Å²) in [7, 11) is 0. The second-order valence-electron chi connectivity index (χ2n) is 6.03. The summed E-state index contributed by atoms with van der Waals surface area (Å²) < 4.78 is 11.4. The minimum atomic E-state index is -0.583. The second kappa shape index (κ2) is 8.77. The fourth-order valence-corrected chi connectivity index (χ4v) is 2.60. The lowest BCUT2D eigenvalue weighted by Gasteiger charge is -2.18. The number of benzene rings is 2. The van der Waals surface area contributed by atoms with Crippen LogP contribution < -0.4 is 14.8 Å². The third kappa shape index (κ3) is 5.40. The van der Waals surface area contributed by atoms with Gasteiger partial charge in [0.1, 0.15) is 18.1 Å². The maximum atomic E-state index is 12.2. The molecule has 0 saturated carbocycles. The average molecular weight is 362 g/mol. The van der Waals surface area contributed by atoms with E-state index in [1.54, 1.807) is 19.1 Å². The lowest BCUT2D eigenvalue weighted by Crippen LogP contribution is -2.38. The van der Waals surface area contributed by atoms with Crippen molar-refractivity contribution >= 4 is 17.5 Å². The first-order valence-corrected chi connectivity index (χ1v) is 8.66. The van der Waals surface area contributed by atoms with E-state index in [2.05, 4.69) is 11.4 Å². The normalized spacial score (nSPS) is 11.7. The van der Waals surface area contributed by atoms with Gasteiger partial charge in [0.15, 0.2) is 6.10 Å². The van der Waals surface area contributed by atoms with Crippen LogP contribution in [-0.2, 0) is 4.79 Å². The predicted octanol–water partition coefficient (Wildman–Crippen LogP) is 4.23. The number of aryl methyl sites for hydroxylation is 2. The Morgan fingerprint density at radius 1 is 1.16 bits per heavy atom. The van der Waals surface area contributed by atoms with Gasteiger partial charge in [0.25, 0.3) is 5.91 Å². The van der Waals surface area contributed by atoms with Crippen LogP contribution in [0.25, 0.3) is 0 Å². The van der Waals surface area contributed by atoms with Crippen LogP contribution in [0.1, 0.15) is 23.6 Å². The topological polar surface area (TPSA) is 47.6 Å². The van der Waals surface area contributed by atoms with E-state index in [0.717, 1.165) is 22.4 Å². The molecule has 2 rings (SSSR count). The van der Waals surface area contributed by atoms with Crippen molar-refractivity contribution in [3.05, 3.63) is 58.1 Å². The van der Waals surface area contributed by atoms with Crippen LogP contribution in [0.5, 0.6) is 11.5 Å². The number of carbonyl (C=O) groups is 1. The molecule has 0 aliphatic heterocycles. The van der Waals surface area contributed by atoms with Crippen molar-refractivity contribution in [3.8, 4) is 11.5 Å². The summed E-state index contributed by atoms with van der Waals surface area (Å²) in [5.41, 5.74) is 3.31. The number of nitrogens with one attached hydrogen (secondary N) is 1. The molecule has 0 fully saturated rings. The van der Waals surface area contributed by atoms with E-state index in [4.69, 9.17) is 21.1 Å². The maximum Gasteiger partial charge on any atom is 0.260 e. The Hall–Kier alpha value is -2.20. The molecule has 0 heterocycles. The van der Waals surface area contributed by atoms with Crippen LogP contribution in [0.2, 0.25) is 5.02 Å². The van der Waals surface area contributed by atoms with Crippen LogP contribution in [0.15, 0.2) is 36.4 Å². The van der Waals surface area contributed by atoms with E-state index in [9.17, 15) is 4.79 Å². The molecule has 5 heteroatoms. The summed E-state index contributed by atoms with van der Waals surface area (Å²) in [5, 5.41) is 3.36. The Kier molecular flexibility index (Phi) is 6.71. The molecule has 4 nitrogen and oxygen atoms in total. The van der Waals surface area contributed by atoms with E-state index < -0.39 is 6.10 Å². The van der Waals surface area contributed by atoms with Gasteiger partial charge < -0.3 is 14.8 Å². The fraction of sp³-hybridized carbons (Fsp3) is 0.350. The molecule has 0 bridgehead atoms. The van der Waals surface area contributed by atoms with Gasteiger partial charge in [0, 0.05) is 0 Å². The number of hydrogen-bond donors (Lipinski definition) is 1. The molecule has 0 radical (unpaired) electrons. The SMILES string of the molecule is Cc1cc(C)c(C)c(OC(C)C(=O)NCCOc2ccccc2Cl)c1. The zero-order valence-corrected chi connectivity index (χ0v) is 15.8. The zero-order chi connectivity index (χ0) is 18.4. The van der Waals surface area contributed by atoms with Gasteiger partial charge in [-0.05, 0) is 62.6 Å². The van der Waals surface area contributed by atoms with Crippen LogP contribution >= 0.6 is 11.6 Å². The minimum Gasteiger partial charge on any atom is -0.490 e. The van der Waals surface area contributed by atoms with Crippen molar-refractivity contribution in [2.45, 2.75) is 33.8 Å². The van der Waals surface area contributed by atoms with Gasteiger partial charge in [-0.25, -0.2) is 0 Å². The molecule has 134 valence electrons. The Morgan fingerprint density at radius 2 is 1.88 bits per heavy atom. The Bertz CT molecular complexity index is 746. The summed E-state index contributed by atoms with van der Waals surface area (Å²) in [5.74, 6) is 1.17. The summed E-state index contributed by atoms with van der Waals surface area (Å²) >= 11 is 6.01. The van der Waals surface area contributed by atoms with Crippen molar-refractivity contribution in [1.29, 1.82) is 0 Å². The molecule has 1 unspecified atom stereocenters. The van der Waals surface area contributed by atoms with Gasteiger partial charge in [-0.3, -0.25) is 4.79 Å². The van der Waals surface area contributed by atoms with Crippen LogP contribution in [0.4, 0.5) is 0 Å². The first-order valence-electron chi connectivity index (χ1n) is 8.28. The Balaban J connectivity index is 1.82. The molecular weight excluding hydrogens is 338 g/mol. The van der Waals surface area contributed by atoms with Crippen molar-refractivity contribution in [2.24, 2.45) is 0 Å². The second-order valence-corrected chi connectivity index (χ2v) is 6.44. The molecule has 1 atom stereocenters. The zero-order valence-electron chi connectivity index (χ0n) is 15.1. The monoisotopic (exact) mass is 361 g/mol. The lowest BCUT2D eigenvalue weighted by atomic mass is 10.1. The summed E-state index contributed by atoms with van der Waals surface area (Å²) in [6, 6.07) is 11.3. The first kappa shape index (κ1) is 19.1. The van der Waals surface area contributed by atoms with Crippen LogP contribution in [-0.4, -0.2) is 25.2 Å². The molecule has 0 saturated heterocycles. The standard InChI is InChI=1S/C20H24ClNO3/c1-13-11-14(2)15(3)19(12-13)25-16(4)20(23)22-9-10-24-18-8-6-5-7-17(18)21/h5-8,11-12,16H,9-10H2,1-4H3,(H,22,23). The van der Waals surface area contributed by atoms with E-state index >= 15 is 0 Å². The Morgan fingerprint density at radius 3 is 2.60 bits per heavy atom. The molecule has 0 spiro atoms. The highest BCUT2D eigenvalue weighted by atomic mass is 35.5. The highest BCUT2D eigenvalue weighted by molar-refractivity contribution is 6.32. The fourth-order valence-electron chi connectivity index (χ4n) is 2.41. The first-order chi connectivity index (χ1) is 11.9. The van der Waals surface area contributed by atoms with E-state index in [0.29, 0.717) is 23.9 Å². The van der Waals surface area contributed by atoms with Gasteiger partial charge in [-0.2, -0.15) is 0 Å². The van der Waals surface area contributed by atoms with Crippen LogP contribution in [0.3, 0.4) is 0 Å². The van der Waals surface area contributed by atoms with E-state index in [1.165, 1.54) is 0 Å². The van der Waals surface area contributed by atoms with Gasteiger partial charge in [0.05, 0.1) is 11.6 Å². The number of rotatable bonds is 7. The molecule has 2 aromatic carbocycles. The third-order valence-corrected chi connectivity index (χ3v) is 4.24. The molecule has 2 aromatic rings. The minimum absolute atomic E-state index is 0.179. The largest absolute Gasteiger partial charge is 0.490 e. The number of halogens is 1. The molecule has 1 N–H and O–H groups in total. The molecule has 25 heavy (non-hydrogen) atoms. The maximum absolute atomic E-state index is 12.2. The molecule has 1 amide bonds. The molecule has 0 aliphatic rings. The van der Waals surface area contributed by atoms with Crippen molar-refractivity contribution in [1.82, 2.24) is 5.32 Å². The van der Waals surface area contributed by atoms with Crippen molar-refractivity contribution in [2.75, 3.05) is 13.2 Å². The summed E-state index contributed by atoms with van der Waals surface area (Å²) in [4.78, 5) is 12.2. The average Bonchev–Trinajstić information content (AvgIpc) is 2.57.